The van der Waals surface area contributed by atoms with Gasteiger partial charge in [0.2, 0.25) is 6.41 Å². The third-order valence-corrected chi connectivity index (χ3v) is 6.30. The highest BCUT2D eigenvalue weighted by Crippen LogP contribution is 2.43. The van der Waals surface area contributed by atoms with E-state index in [0.29, 0.717) is 25.2 Å². The topological polar surface area (TPSA) is 78.1 Å². The van der Waals surface area contributed by atoms with Gasteiger partial charge in [0.1, 0.15) is 5.69 Å². The second-order valence-electron chi connectivity index (χ2n) is 10.2. The highest BCUT2D eigenvalue weighted by atomic mass is 16.2. The highest BCUT2D eigenvalue weighted by molar-refractivity contribution is 5.93. The van der Waals surface area contributed by atoms with Gasteiger partial charge in [-0.2, -0.15) is 5.10 Å². The van der Waals surface area contributed by atoms with Crippen LogP contribution in [0.4, 0.5) is 0 Å². The number of carbonyl (C=O) groups is 2. The Kier molecular flexibility index (Phi) is 10.5. The van der Waals surface area contributed by atoms with Gasteiger partial charge < -0.3 is 10.2 Å². The number of nitrogens with one attached hydrogen (secondary N) is 2. The highest BCUT2D eigenvalue weighted by Gasteiger charge is 2.46. The fraction of sp³-hybridized carbons (Fsp3) is 0.433. The van der Waals surface area contributed by atoms with Gasteiger partial charge in [-0.3, -0.25) is 14.7 Å². The lowest BCUT2D eigenvalue weighted by molar-refractivity contribution is -0.109. The van der Waals surface area contributed by atoms with E-state index in [1.54, 1.807) is 0 Å². The summed E-state index contributed by atoms with van der Waals surface area (Å²) in [6, 6.07) is 19.9. The molecule has 3 aromatic rings. The first-order chi connectivity index (χ1) is 17.1. The quantitative estimate of drug-likeness (QED) is 0.389. The van der Waals surface area contributed by atoms with Gasteiger partial charge in [0.05, 0.1) is 0 Å². The number of hydrogen-bond donors (Lipinski definition) is 2. The molecule has 36 heavy (non-hydrogen) atoms. The summed E-state index contributed by atoms with van der Waals surface area (Å²) in [7, 11) is 0. The normalized spacial score (nSPS) is 13.3. The van der Waals surface area contributed by atoms with Crippen molar-refractivity contribution in [2.24, 2.45) is 0 Å². The van der Waals surface area contributed by atoms with Crippen LogP contribution in [0.5, 0.6) is 0 Å². The Morgan fingerprint density at radius 2 is 1.69 bits per heavy atom. The number of benzene rings is 2. The molecule has 6 nitrogen and oxygen atoms in total. The third kappa shape index (κ3) is 8.08. The molecule has 6 heteroatoms. The number of rotatable bonds is 7. The summed E-state index contributed by atoms with van der Waals surface area (Å²) in [6.45, 7) is 15.9. The first kappa shape index (κ1) is 28.8. The number of H-pyrrole nitrogens is 1. The molecular formula is C30H42N4O2. The maximum Gasteiger partial charge on any atom is 0.275 e. The van der Waals surface area contributed by atoms with Crippen LogP contribution in [0.1, 0.15) is 87.3 Å². The lowest BCUT2D eigenvalue weighted by atomic mass is 9.92. The zero-order valence-corrected chi connectivity index (χ0v) is 22.9. The molecule has 2 amide bonds. The van der Waals surface area contributed by atoms with Gasteiger partial charge in [0, 0.05) is 29.7 Å². The van der Waals surface area contributed by atoms with Crippen molar-refractivity contribution in [2.45, 2.75) is 85.4 Å². The van der Waals surface area contributed by atoms with Crippen LogP contribution in [0.2, 0.25) is 0 Å². The number of carbonyl (C=O) groups excluding carboxylic acids is 2. The Labute approximate surface area is 216 Å². The Hall–Kier alpha value is -3.41. The summed E-state index contributed by atoms with van der Waals surface area (Å²) in [5.74, 6) is 0.0185. The van der Waals surface area contributed by atoms with E-state index in [9.17, 15) is 9.59 Å². The minimum atomic E-state index is -0.0458. The van der Waals surface area contributed by atoms with Crippen molar-refractivity contribution < 1.29 is 9.59 Å². The Morgan fingerprint density at radius 1 is 1.08 bits per heavy atom. The minimum Gasteiger partial charge on any atom is -0.355 e. The predicted molar refractivity (Wildman–Crippen MR) is 147 cm³/mol. The molecular weight excluding hydrogens is 448 g/mol. The maximum atomic E-state index is 13.1. The third-order valence-electron chi connectivity index (χ3n) is 6.30. The molecule has 0 aliphatic heterocycles. The van der Waals surface area contributed by atoms with Crippen LogP contribution in [0.25, 0.3) is 0 Å². The van der Waals surface area contributed by atoms with Crippen molar-refractivity contribution in [3.05, 3.63) is 88.7 Å². The van der Waals surface area contributed by atoms with Crippen molar-refractivity contribution in [2.75, 3.05) is 0 Å². The van der Waals surface area contributed by atoms with Crippen molar-refractivity contribution >= 4 is 12.3 Å². The van der Waals surface area contributed by atoms with Gasteiger partial charge in [-0.15, -0.1) is 0 Å². The zero-order valence-electron chi connectivity index (χ0n) is 22.9. The molecule has 1 aliphatic carbocycles. The minimum absolute atomic E-state index is 0.0185. The molecule has 1 aliphatic rings. The molecule has 4 rings (SSSR count). The van der Waals surface area contributed by atoms with E-state index in [-0.39, 0.29) is 16.9 Å². The van der Waals surface area contributed by atoms with E-state index < -0.39 is 0 Å². The second kappa shape index (κ2) is 13.1. The number of amides is 2. The van der Waals surface area contributed by atoms with E-state index in [2.05, 4.69) is 62.3 Å². The van der Waals surface area contributed by atoms with Crippen LogP contribution in [0.15, 0.2) is 60.7 Å². The van der Waals surface area contributed by atoms with E-state index in [0.717, 1.165) is 24.1 Å². The molecule has 194 valence electrons. The van der Waals surface area contributed by atoms with Crippen LogP contribution in [0.3, 0.4) is 0 Å². The standard InChI is InChI=1S/C20H27N3O.C8H9NO.C2H6/c1-14-8-6-7-9-15(14)13-23(20(5)10-11-20)18(24)16-12-17(22-21-16)19(2,3)4;10-7-9-6-8-4-2-1-3-5-8;1-2/h6-9,12H,10-11,13H2,1-5H3,(H,21,22);1-5,7H,6H2,(H,9,10);1-2H3. The number of nitrogens with zero attached hydrogens (tertiary/aromatic N) is 2. The summed E-state index contributed by atoms with van der Waals surface area (Å²) in [6.07, 6.45) is 2.81. The summed E-state index contributed by atoms with van der Waals surface area (Å²) >= 11 is 0. The Balaban J connectivity index is 0.000000318. The van der Waals surface area contributed by atoms with Gasteiger partial charge >= 0.3 is 0 Å². The van der Waals surface area contributed by atoms with Gasteiger partial charge in [-0.1, -0.05) is 89.2 Å². The van der Waals surface area contributed by atoms with Gasteiger partial charge in [0.25, 0.3) is 5.91 Å². The summed E-state index contributed by atoms with van der Waals surface area (Å²) < 4.78 is 0. The van der Waals surface area contributed by atoms with Crippen LogP contribution < -0.4 is 5.32 Å². The van der Waals surface area contributed by atoms with Gasteiger partial charge in [-0.25, -0.2) is 0 Å². The molecule has 1 saturated carbocycles. The fourth-order valence-corrected chi connectivity index (χ4v) is 3.63. The van der Waals surface area contributed by atoms with Crippen molar-refractivity contribution in [1.82, 2.24) is 20.4 Å². The number of aromatic amines is 1. The van der Waals surface area contributed by atoms with Crippen LogP contribution in [0, 0.1) is 6.92 Å². The number of aromatic nitrogens is 2. The summed E-state index contributed by atoms with van der Waals surface area (Å²) in [5.41, 5.74) is 4.96. The monoisotopic (exact) mass is 490 g/mol. The lowest BCUT2D eigenvalue weighted by Crippen LogP contribution is -2.40. The van der Waals surface area contributed by atoms with Gasteiger partial charge in [0.15, 0.2) is 0 Å². The average Bonchev–Trinajstić information content (AvgIpc) is 3.41. The van der Waals surface area contributed by atoms with Crippen molar-refractivity contribution in [1.29, 1.82) is 0 Å². The fourth-order valence-electron chi connectivity index (χ4n) is 3.63. The molecule has 1 aromatic heterocycles. The second-order valence-corrected chi connectivity index (χ2v) is 10.2. The number of hydrogen-bond acceptors (Lipinski definition) is 3. The largest absolute Gasteiger partial charge is 0.355 e. The zero-order chi connectivity index (χ0) is 26.8. The molecule has 0 bridgehead atoms. The van der Waals surface area contributed by atoms with Crippen LogP contribution in [-0.2, 0) is 23.3 Å². The smallest absolute Gasteiger partial charge is 0.275 e. The van der Waals surface area contributed by atoms with Gasteiger partial charge in [-0.05, 0) is 49.4 Å². The first-order valence-electron chi connectivity index (χ1n) is 12.8. The molecule has 2 aromatic carbocycles. The molecule has 1 heterocycles. The summed E-state index contributed by atoms with van der Waals surface area (Å²) in [5, 5.41) is 9.91. The van der Waals surface area contributed by atoms with E-state index in [1.165, 1.54) is 11.1 Å². The average molecular weight is 491 g/mol. The van der Waals surface area contributed by atoms with Crippen LogP contribution >= 0.6 is 0 Å². The molecule has 0 atom stereocenters. The first-order valence-corrected chi connectivity index (χ1v) is 12.8. The predicted octanol–water partition coefficient (Wildman–Crippen LogP) is 6.17. The van der Waals surface area contributed by atoms with E-state index in [4.69, 9.17) is 0 Å². The van der Waals surface area contributed by atoms with Crippen LogP contribution in [-0.4, -0.2) is 33.0 Å². The molecule has 2 N–H and O–H groups in total. The lowest BCUT2D eigenvalue weighted by Gasteiger charge is -2.29. The Morgan fingerprint density at radius 3 is 2.22 bits per heavy atom. The van der Waals surface area contributed by atoms with Crippen molar-refractivity contribution in [3.63, 3.8) is 0 Å². The van der Waals surface area contributed by atoms with E-state index in [1.807, 2.05) is 67.3 Å². The maximum absolute atomic E-state index is 13.1. The number of aryl methyl sites for hydroxylation is 1. The molecule has 0 radical (unpaired) electrons. The van der Waals surface area contributed by atoms with E-state index >= 15 is 0 Å². The molecule has 0 spiro atoms. The SMILES string of the molecule is CC.Cc1ccccc1CN(C(=O)c1cc(C(C)(C)C)[nH]n1)C1(C)CC1.O=CNCc1ccccc1. The Bertz CT molecular complexity index is 1100. The molecule has 1 fully saturated rings. The van der Waals surface area contributed by atoms with Crippen molar-refractivity contribution in [3.8, 4) is 0 Å². The summed E-state index contributed by atoms with van der Waals surface area (Å²) in [4.78, 5) is 25.0. The molecule has 0 unspecified atom stereocenters. The molecule has 0 saturated heterocycles.